The molecule has 0 N–H and O–H groups in total. The minimum absolute atomic E-state index is 0.351. The third-order valence-electron chi connectivity index (χ3n) is 3.42. The molecule has 21 heavy (non-hydrogen) atoms. The number of carbonyl (C=O) groups excluding carboxylic acids is 1. The van der Waals surface area contributed by atoms with Gasteiger partial charge in [-0.2, -0.15) is 5.26 Å². The second kappa shape index (κ2) is 4.60. The van der Waals surface area contributed by atoms with Crippen LogP contribution in [0.15, 0.2) is 17.6 Å². The lowest BCUT2D eigenvalue weighted by Crippen LogP contribution is -2.42. The van der Waals surface area contributed by atoms with Crippen molar-refractivity contribution in [2.45, 2.75) is 19.4 Å². The molecule has 2 aromatic heterocycles. The number of thiazole rings is 1. The maximum absolute atomic E-state index is 11.9. The lowest BCUT2D eigenvalue weighted by atomic mass is 10.1. The van der Waals surface area contributed by atoms with Crippen molar-refractivity contribution in [1.82, 2.24) is 9.55 Å². The van der Waals surface area contributed by atoms with E-state index in [0.717, 1.165) is 11.4 Å². The Bertz CT molecular complexity index is 753. The van der Waals surface area contributed by atoms with E-state index in [1.807, 2.05) is 30.8 Å². The number of nitriles is 1. The molecule has 1 aliphatic rings. The fraction of sp³-hybridized carbons (Fsp3) is 0.357. The van der Waals surface area contributed by atoms with Gasteiger partial charge >= 0.3 is 6.09 Å². The molecule has 3 rings (SSSR count). The standard InChI is InChI=1S/C14H14N4O2S/c1-14(2)8-20-13(19)18(14)12-16-10(7-21-12)11-4-9(5-15)6-17(11)3/h4,6-7H,8H2,1-3H3. The van der Waals surface area contributed by atoms with Gasteiger partial charge in [-0.05, 0) is 19.9 Å². The molecule has 108 valence electrons. The number of hydrogen-bond donors (Lipinski definition) is 0. The molecule has 0 radical (unpaired) electrons. The van der Waals surface area contributed by atoms with Crippen molar-refractivity contribution in [2.75, 3.05) is 11.5 Å². The second-order valence-electron chi connectivity index (χ2n) is 5.55. The van der Waals surface area contributed by atoms with E-state index >= 15 is 0 Å². The Morgan fingerprint density at radius 1 is 1.52 bits per heavy atom. The van der Waals surface area contributed by atoms with Crippen molar-refractivity contribution in [1.29, 1.82) is 5.26 Å². The van der Waals surface area contributed by atoms with Crippen molar-refractivity contribution in [3.05, 3.63) is 23.2 Å². The monoisotopic (exact) mass is 302 g/mol. The first-order valence-corrected chi connectivity index (χ1v) is 7.30. The quantitative estimate of drug-likeness (QED) is 0.855. The molecule has 2 aromatic rings. The van der Waals surface area contributed by atoms with Gasteiger partial charge in [0.1, 0.15) is 12.7 Å². The number of amides is 1. The maximum atomic E-state index is 11.9. The Labute approximate surface area is 126 Å². The van der Waals surface area contributed by atoms with Gasteiger partial charge in [0.25, 0.3) is 0 Å². The summed E-state index contributed by atoms with van der Waals surface area (Å²) in [4.78, 5) is 18.0. The fourth-order valence-corrected chi connectivity index (χ4v) is 3.29. The molecule has 1 aliphatic heterocycles. The highest BCUT2D eigenvalue weighted by atomic mass is 32.1. The van der Waals surface area contributed by atoms with E-state index in [0.29, 0.717) is 17.3 Å². The molecule has 6 nitrogen and oxygen atoms in total. The first-order chi connectivity index (χ1) is 9.92. The lowest BCUT2D eigenvalue weighted by molar-refractivity contribution is 0.175. The third-order valence-corrected chi connectivity index (χ3v) is 4.24. The van der Waals surface area contributed by atoms with Crippen LogP contribution in [0, 0.1) is 11.3 Å². The van der Waals surface area contributed by atoms with Gasteiger partial charge in [-0.25, -0.2) is 14.7 Å². The number of ether oxygens (including phenoxy) is 1. The van der Waals surface area contributed by atoms with Crippen molar-refractivity contribution in [3.63, 3.8) is 0 Å². The molecule has 1 fully saturated rings. The van der Waals surface area contributed by atoms with Gasteiger partial charge in [0.2, 0.25) is 0 Å². The fourth-order valence-electron chi connectivity index (χ4n) is 2.32. The van der Waals surface area contributed by atoms with E-state index in [1.165, 1.54) is 11.3 Å². The molecule has 0 atom stereocenters. The van der Waals surface area contributed by atoms with Crippen LogP contribution in [-0.2, 0) is 11.8 Å². The number of cyclic esters (lactones) is 1. The topological polar surface area (TPSA) is 71.2 Å². The van der Waals surface area contributed by atoms with Gasteiger partial charge in [0, 0.05) is 18.6 Å². The molecule has 0 unspecified atom stereocenters. The van der Waals surface area contributed by atoms with Gasteiger partial charge in [0.15, 0.2) is 5.13 Å². The van der Waals surface area contributed by atoms with Crippen molar-refractivity contribution in [2.24, 2.45) is 7.05 Å². The summed E-state index contributed by atoms with van der Waals surface area (Å²) in [5.41, 5.74) is 1.77. The summed E-state index contributed by atoms with van der Waals surface area (Å²) in [6.07, 6.45) is 1.38. The Morgan fingerprint density at radius 3 is 2.86 bits per heavy atom. The van der Waals surface area contributed by atoms with Crippen LogP contribution in [-0.4, -0.2) is 27.8 Å². The van der Waals surface area contributed by atoms with Crippen LogP contribution in [0.5, 0.6) is 0 Å². The number of carbonyl (C=O) groups is 1. The minimum atomic E-state index is -0.405. The van der Waals surface area contributed by atoms with Crippen LogP contribution < -0.4 is 4.90 Å². The predicted octanol–water partition coefficient (Wildman–Crippen LogP) is 2.76. The zero-order valence-corrected chi connectivity index (χ0v) is 12.8. The van der Waals surface area contributed by atoms with E-state index in [2.05, 4.69) is 11.1 Å². The first-order valence-electron chi connectivity index (χ1n) is 6.42. The van der Waals surface area contributed by atoms with Crippen LogP contribution in [0.4, 0.5) is 9.93 Å². The third kappa shape index (κ3) is 2.17. The van der Waals surface area contributed by atoms with Gasteiger partial charge in [-0.3, -0.25) is 0 Å². The molecule has 1 saturated heterocycles. The highest BCUT2D eigenvalue weighted by Crippen LogP contribution is 2.35. The summed E-state index contributed by atoms with van der Waals surface area (Å²) in [5.74, 6) is 0. The number of anilines is 1. The van der Waals surface area contributed by atoms with Crippen molar-refractivity contribution in [3.8, 4) is 17.5 Å². The largest absolute Gasteiger partial charge is 0.447 e. The molecule has 7 heteroatoms. The van der Waals surface area contributed by atoms with E-state index in [-0.39, 0.29) is 6.09 Å². The average molecular weight is 302 g/mol. The van der Waals surface area contributed by atoms with Crippen LogP contribution in [0.2, 0.25) is 0 Å². The van der Waals surface area contributed by atoms with Crippen molar-refractivity contribution >= 4 is 22.6 Å². The summed E-state index contributed by atoms with van der Waals surface area (Å²) >= 11 is 1.39. The average Bonchev–Trinajstić information content (AvgIpc) is 3.08. The SMILES string of the molecule is Cn1cc(C#N)cc1-c1csc(N2C(=O)OCC2(C)C)n1. The zero-order valence-electron chi connectivity index (χ0n) is 12.0. The second-order valence-corrected chi connectivity index (χ2v) is 6.39. The zero-order chi connectivity index (χ0) is 15.2. The van der Waals surface area contributed by atoms with Crippen LogP contribution in [0.1, 0.15) is 19.4 Å². The highest BCUT2D eigenvalue weighted by Gasteiger charge is 2.42. The highest BCUT2D eigenvalue weighted by molar-refractivity contribution is 7.14. The van der Waals surface area contributed by atoms with Gasteiger partial charge in [0.05, 0.1) is 22.5 Å². The predicted molar refractivity (Wildman–Crippen MR) is 79.1 cm³/mol. The normalized spacial score (nSPS) is 16.9. The summed E-state index contributed by atoms with van der Waals surface area (Å²) in [7, 11) is 1.86. The van der Waals surface area contributed by atoms with Crippen LogP contribution in [0.25, 0.3) is 11.4 Å². The van der Waals surface area contributed by atoms with Gasteiger partial charge in [-0.15, -0.1) is 11.3 Å². The number of hydrogen-bond acceptors (Lipinski definition) is 5. The lowest BCUT2D eigenvalue weighted by Gasteiger charge is -2.24. The number of rotatable bonds is 2. The maximum Gasteiger partial charge on any atom is 0.416 e. The number of aryl methyl sites for hydroxylation is 1. The van der Waals surface area contributed by atoms with E-state index in [9.17, 15) is 4.79 Å². The molecule has 0 aliphatic carbocycles. The van der Waals surface area contributed by atoms with Gasteiger partial charge in [-0.1, -0.05) is 0 Å². The van der Waals surface area contributed by atoms with Crippen LogP contribution in [0.3, 0.4) is 0 Å². The summed E-state index contributed by atoms with van der Waals surface area (Å²) in [6, 6.07) is 3.89. The Balaban J connectivity index is 1.99. The number of nitrogens with zero attached hydrogens (tertiary/aromatic N) is 4. The Hall–Kier alpha value is -2.33. The molecule has 0 spiro atoms. The van der Waals surface area contributed by atoms with Gasteiger partial charge < -0.3 is 9.30 Å². The van der Waals surface area contributed by atoms with E-state index in [4.69, 9.17) is 10.00 Å². The molecule has 0 bridgehead atoms. The summed E-state index contributed by atoms with van der Waals surface area (Å²) in [6.45, 7) is 4.23. The van der Waals surface area contributed by atoms with E-state index in [1.54, 1.807) is 17.2 Å². The Kier molecular flexibility index (Phi) is 2.99. The number of aromatic nitrogens is 2. The van der Waals surface area contributed by atoms with Crippen LogP contribution >= 0.6 is 11.3 Å². The molecule has 0 aromatic carbocycles. The minimum Gasteiger partial charge on any atom is -0.447 e. The molecule has 3 heterocycles. The summed E-state index contributed by atoms with van der Waals surface area (Å²) < 4.78 is 6.95. The molecular weight excluding hydrogens is 288 g/mol. The molecule has 1 amide bonds. The van der Waals surface area contributed by atoms with E-state index < -0.39 is 5.54 Å². The molecule has 0 saturated carbocycles. The summed E-state index contributed by atoms with van der Waals surface area (Å²) in [5, 5.41) is 11.4. The molecular formula is C14H14N4O2S. The first kappa shape index (κ1) is 13.6. The van der Waals surface area contributed by atoms with Crippen molar-refractivity contribution < 1.29 is 9.53 Å². The Morgan fingerprint density at radius 2 is 2.29 bits per heavy atom. The smallest absolute Gasteiger partial charge is 0.416 e.